The van der Waals surface area contributed by atoms with Crippen molar-refractivity contribution in [3.05, 3.63) is 85.5 Å². The van der Waals surface area contributed by atoms with Crippen LogP contribution >= 0.6 is 11.3 Å². The second kappa shape index (κ2) is 8.03. The molecule has 1 N–H and O–H groups in total. The van der Waals surface area contributed by atoms with Gasteiger partial charge in [0, 0.05) is 22.7 Å². The maximum atomic E-state index is 12.7. The zero-order valence-electron chi connectivity index (χ0n) is 18.0. The summed E-state index contributed by atoms with van der Waals surface area (Å²) in [7, 11) is 0. The smallest absolute Gasteiger partial charge is 0.257 e. The lowest BCUT2D eigenvalue weighted by molar-refractivity contribution is 0.0952. The lowest BCUT2D eigenvalue weighted by atomic mass is 9.93. The normalized spacial score (nSPS) is 11.2. The van der Waals surface area contributed by atoms with E-state index in [-0.39, 0.29) is 5.91 Å². The molecule has 0 radical (unpaired) electrons. The number of nitrogens with zero attached hydrogens (tertiary/aromatic N) is 3. The summed E-state index contributed by atoms with van der Waals surface area (Å²) in [6, 6.07) is 8.44. The molecule has 4 rings (SSSR count). The molecule has 0 saturated heterocycles. The van der Waals surface area contributed by atoms with Crippen molar-refractivity contribution < 1.29 is 4.79 Å². The molecule has 0 saturated carbocycles. The highest BCUT2D eigenvalue weighted by Gasteiger charge is 2.19. The number of fused-ring (bicyclic) bond motifs is 1. The molecule has 0 aliphatic carbocycles. The van der Waals surface area contributed by atoms with Crippen LogP contribution in [-0.2, 0) is 13.0 Å². The van der Waals surface area contributed by atoms with Gasteiger partial charge in [0.1, 0.15) is 5.56 Å². The lowest BCUT2D eigenvalue weighted by Crippen LogP contribution is -2.22. The third kappa shape index (κ3) is 3.75. The van der Waals surface area contributed by atoms with Crippen LogP contribution in [0.1, 0.15) is 54.4 Å². The summed E-state index contributed by atoms with van der Waals surface area (Å²) in [5, 5.41) is 9.46. The van der Waals surface area contributed by atoms with Gasteiger partial charge in [-0.1, -0.05) is 23.8 Å². The van der Waals surface area contributed by atoms with Crippen molar-refractivity contribution in [1.82, 2.24) is 19.9 Å². The monoisotopic (exact) mass is 418 g/mol. The largest absolute Gasteiger partial charge is 0.347 e. The molecule has 0 unspecified atom stereocenters. The van der Waals surface area contributed by atoms with Gasteiger partial charge in [-0.2, -0.15) is 5.10 Å². The van der Waals surface area contributed by atoms with Crippen LogP contribution in [0.15, 0.2) is 35.8 Å². The van der Waals surface area contributed by atoms with Crippen LogP contribution in [0.3, 0.4) is 0 Å². The Hall–Kier alpha value is -2.99. The molecule has 5 nitrogen and oxygen atoms in total. The number of thiophene rings is 1. The van der Waals surface area contributed by atoms with Crippen LogP contribution in [0.2, 0.25) is 0 Å². The Morgan fingerprint density at radius 1 is 1.10 bits per heavy atom. The number of carbonyl (C=O) groups excluding carboxylic acids is 1. The molecular formula is C24H26N4OS. The number of hydrogen-bond acceptors (Lipinski definition) is 4. The molecule has 30 heavy (non-hydrogen) atoms. The number of aromatic nitrogens is 3. The Morgan fingerprint density at radius 2 is 1.83 bits per heavy atom. The molecule has 3 heterocycles. The van der Waals surface area contributed by atoms with Gasteiger partial charge >= 0.3 is 0 Å². The Morgan fingerprint density at radius 3 is 2.50 bits per heavy atom. The molecule has 4 aromatic rings. The average Bonchev–Trinajstić information content (AvgIpc) is 3.34. The quantitative estimate of drug-likeness (QED) is 0.504. The molecule has 0 aliphatic rings. The fourth-order valence-corrected chi connectivity index (χ4v) is 4.71. The zero-order chi connectivity index (χ0) is 21.4. The summed E-state index contributed by atoms with van der Waals surface area (Å²) in [5.41, 5.74) is 9.42. The van der Waals surface area contributed by atoms with E-state index < -0.39 is 0 Å². The van der Waals surface area contributed by atoms with E-state index in [9.17, 15) is 4.79 Å². The number of carbonyl (C=O) groups is 1. The van der Waals surface area contributed by atoms with E-state index in [1.807, 2.05) is 24.4 Å². The Balaban J connectivity index is 1.67. The minimum atomic E-state index is -0.150. The Kier molecular flexibility index (Phi) is 5.43. The number of amides is 1. The number of nitrogens with one attached hydrogen (secondary N) is 1. The molecule has 1 amide bonds. The van der Waals surface area contributed by atoms with Crippen molar-refractivity contribution in [2.24, 2.45) is 0 Å². The second-order valence-corrected chi connectivity index (χ2v) is 8.90. The molecule has 3 aromatic heterocycles. The van der Waals surface area contributed by atoms with Crippen LogP contribution in [-0.4, -0.2) is 20.5 Å². The molecule has 6 heteroatoms. The van der Waals surface area contributed by atoms with Crippen LogP contribution in [0.5, 0.6) is 0 Å². The fourth-order valence-electron chi connectivity index (χ4n) is 4.07. The highest BCUT2D eigenvalue weighted by atomic mass is 32.1. The number of rotatable bonds is 5. The maximum Gasteiger partial charge on any atom is 0.257 e. The number of benzene rings is 1. The van der Waals surface area contributed by atoms with Crippen LogP contribution in [0.25, 0.3) is 5.65 Å². The van der Waals surface area contributed by atoms with Gasteiger partial charge in [-0.3, -0.25) is 4.79 Å². The summed E-state index contributed by atoms with van der Waals surface area (Å²) in [5.74, 6) is -0.150. The number of hydrogen-bond donors (Lipinski definition) is 1. The minimum absolute atomic E-state index is 0.150. The summed E-state index contributed by atoms with van der Waals surface area (Å²) in [6.07, 6.45) is 2.42. The molecule has 0 spiro atoms. The first kappa shape index (κ1) is 20.3. The van der Waals surface area contributed by atoms with Gasteiger partial charge in [-0.15, -0.1) is 11.3 Å². The van der Waals surface area contributed by atoms with Crippen molar-refractivity contribution in [3.8, 4) is 0 Å². The average molecular weight is 419 g/mol. The predicted molar refractivity (Wildman–Crippen MR) is 121 cm³/mol. The summed E-state index contributed by atoms with van der Waals surface area (Å²) in [6.45, 7) is 11.0. The molecule has 0 fully saturated rings. The summed E-state index contributed by atoms with van der Waals surface area (Å²) in [4.78, 5) is 18.6. The first-order valence-electron chi connectivity index (χ1n) is 10.1. The SMILES string of the molecule is Cc1cc(C)c(Cc2c(C)nc3c(C(=O)NCc4cccs4)cnn3c2C)c(C)c1. The molecule has 0 aliphatic heterocycles. The molecular weight excluding hydrogens is 392 g/mol. The van der Waals surface area contributed by atoms with Gasteiger partial charge < -0.3 is 5.32 Å². The predicted octanol–water partition coefficient (Wildman–Crippen LogP) is 4.85. The van der Waals surface area contributed by atoms with Gasteiger partial charge in [0.25, 0.3) is 5.91 Å². The first-order chi connectivity index (χ1) is 14.3. The highest BCUT2D eigenvalue weighted by molar-refractivity contribution is 7.09. The molecule has 0 atom stereocenters. The highest BCUT2D eigenvalue weighted by Crippen LogP contribution is 2.24. The van der Waals surface area contributed by atoms with E-state index >= 15 is 0 Å². The van der Waals surface area contributed by atoms with E-state index in [0.29, 0.717) is 17.8 Å². The van der Waals surface area contributed by atoms with Crippen molar-refractivity contribution in [2.45, 2.75) is 47.6 Å². The van der Waals surface area contributed by atoms with Crippen molar-refractivity contribution in [2.75, 3.05) is 0 Å². The molecule has 1 aromatic carbocycles. The summed E-state index contributed by atoms with van der Waals surface area (Å²) >= 11 is 1.63. The standard InChI is InChI=1S/C24H26N4OS/c1-14-9-15(2)20(16(3)10-14)11-21-17(4)27-23-22(13-26-28(23)18(21)5)24(29)25-12-19-7-6-8-30-19/h6-10,13H,11-12H2,1-5H3,(H,25,29). The lowest BCUT2D eigenvalue weighted by Gasteiger charge is -2.15. The van der Waals surface area contributed by atoms with E-state index in [1.165, 1.54) is 22.3 Å². The maximum absolute atomic E-state index is 12.7. The van der Waals surface area contributed by atoms with E-state index in [0.717, 1.165) is 28.2 Å². The van der Waals surface area contributed by atoms with Gasteiger partial charge in [-0.05, 0) is 68.3 Å². The molecule has 0 bridgehead atoms. The minimum Gasteiger partial charge on any atom is -0.347 e. The van der Waals surface area contributed by atoms with Gasteiger partial charge in [-0.25, -0.2) is 9.50 Å². The second-order valence-electron chi connectivity index (χ2n) is 7.87. The Bertz CT molecular complexity index is 1220. The molecule has 154 valence electrons. The third-order valence-corrected chi connectivity index (χ3v) is 6.53. The Labute approximate surface area is 180 Å². The number of aryl methyl sites for hydroxylation is 5. The van der Waals surface area contributed by atoms with Crippen molar-refractivity contribution in [1.29, 1.82) is 0 Å². The van der Waals surface area contributed by atoms with Crippen LogP contribution < -0.4 is 5.32 Å². The van der Waals surface area contributed by atoms with E-state index in [2.05, 4.69) is 50.2 Å². The van der Waals surface area contributed by atoms with Crippen LogP contribution in [0.4, 0.5) is 0 Å². The first-order valence-corrected chi connectivity index (χ1v) is 10.9. The topological polar surface area (TPSA) is 59.3 Å². The van der Waals surface area contributed by atoms with Gasteiger partial charge in [0.15, 0.2) is 5.65 Å². The van der Waals surface area contributed by atoms with Crippen molar-refractivity contribution >= 4 is 22.9 Å². The third-order valence-electron chi connectivity index (χ3n) is 5.65. The van der Waals surface area contributed by atoms with Crippen LogP contribution in [0, 0.1) is 34.6 Å². The van der Waals surface area contributed by atoms with Crippen molar-refractivity contribution in [3.63, 3.8) is 0 Å². The fraction of sp³-hybridized carbons (Fsp3) is 0.292. The van der Waals surface area contributed by atoms with E-state index in [4.69, 9.17) is 4.98 Å². The summed E-state index contributed by atoms with van der Waals surface area (Å²) < 4.78 is 1.79. The van der Waals surface area contributed by atoms with E-state index in [1.54, 1.807) is 22.0 Å². The van der Waals surface area contributed by atoms with Gasteiger partial charge in [0.05, 0.1) is 12.7 Å². The zero-order valence-corrected chi connectivity index (χ0v) is 18.9. The van der Waals surface area contributed by atoms with Gasteiger partial charge in [0.2, 0.25) is 0 Å².